The summed E-state index contributed by atoms with van der Waals surface area (Å²) in [5.41, 5.74) is 0.529. The van der Waals surface area contributed by atoms with Gasteiger partial charge in [-0.1, -0.05) is 20.3 Å². The molecule has 1 unspecified atom stereocenters. The van der Waals surface area contributed by atoms with Crippen molar-refractivity contribution in [3.05, 3.63) is 28.2 Å². The Balaban J connectivity index is 2.61. The number of hydrogen-bond donors (Lipinski definition) is 1. The maximum atomic E-state index is 11.8. The Morgan fingerprint density at radius 1 is 1.53 bits per heavy atom. The number of halogens is 1. The van der Waals surface area contributed by atoms with E-state index in [0.29, 0.717) is 18.1 Å². The Kier molecular flexibility index (Phi) is 6.06. The molecule has 0 radical (unpaired) electrons. The van der Waals surface area contributed by atoms with Crippen molar-refractivity contribution in [2.45, 2.75) is 31.6 Å². The van der Waals surface area contributed by atoms with Gasteiger partial charge >= 0.3 is 5.97 Å². The Morgan fingerprint density at radius 2 is 2.24 bits per heavy atom. The van der Waals surface area contributed by atoms with Crippen LogP contribution in [0.1, 0.15) is 37.0 Å². The lowest BCUT2D eigenvalue weighted by Crippen LogP contribution is -2.12. The number of rotatable bonds is 5. The predicted molar refractivity (Wildman–Crippen MR) is 75.7 cm³/mol. The van der Waals surface area contributed by atoms with Crippen molar-refractivity contribution in [1.29, 1.82) is 0 Å². The molecule has 0 saturated carbocycles. The summed E-state index contributed by atoms with van der Waals surface area (Å²) in [4.78, 5) is 12.6. The van der Waals surface area contributed by atoms with Crippen LogP contribution in [-0.2, 0) is 4.74 Å². The third kappa shape index (κ3) is 4.72. The van der Waals surface area contributed by atoms with Gasteiger partial charge < -0.3 is 4.74 Å². The van der Waals surface area contributed by atoms with E-state index < -0.39 is 0 Å². The number of thiol groups is 1. The van der Waals surface area contributed by atoms with Gasteiger partial charge in [0, 0.05) is 9.37 Å². The standard InChI is InChI=1S/C13H17BrO2S/c1-3-4-9(2)8-16-13(15)11-7-10(17)5-6-12(11)14/h5-7,9,17H,3-4,8H2,1-2H3. The van der Waals surface area contributed by atoms with E-state index in [1.165, 1.54) is 0 Å². The first-order valence-corrected chi connectivity index (χ1v) is 6.94. The van der Waals surface area contributed by atoms with Crippen molar-refractivity contribution >= 4 is 34.5 Å². The van der Waals surface area contributed by atoms with E-state index >= 15 is 0 Å². The first-order valence-electron chi connectivity index (χ1n) is 5.70. The molecule has 0 aliphatic heterocycles. The highest BCUT2D eigenvalue weighted by Gasteiger charge is 2.13. The average Bonchev–Trinajstić information content (AvgIpc) is 2.29. The molecule has 0 saturated heterocycles. The molecule has 1 rings (SSSR count). The fourth-order valence-electron chi connectivity index (χ4n) is 1.54. The molecule has 0 aliphatic rings. The summed E-state index contributed by atoms with van der Waals surface area (Å²) < 4.78 is 6.01. The minimum Gasteiger partial charge on any atom is -0.462 e. The van der Waals surface area contributed by atoms with Crippen LogP contribution in [0, 0.1) is 5.92 Å². The van der Waals surface area contributed by atoms with Crippen LogP contribution < -0.4 is 0 Å². The zero-order valence-electron chi connectivity index (χ0n) is 10.1. The highest BCUT2D eigenvalue weighted by molar-refractivity contribution is 9.10. The van der Waals surface area contributed by atoms with E-state index in [4.69, 9.17) is 4.74 Å². The molecule has 0 bridgehead atoms. The van der Waals surface area contributed by atoms with E-state index in [1.807, 2.05) is 6.07 Å². The highest BCUT2D eigenvalue weighted by Crippen LogP contribution is 2.21. The molecule has 1 aromatic carbocycles. The Hall–Kier alpha value is -0.480. The van der Waals surface area contributed by atoms with Crippen LogP contribution in [0.4, 0.5) is 0 Å². The molecule has 4 heteroatoms. The van der Waals surface area contributed by atoms with E-state index in [2.05, 4.69) is 42.4 Å². The molecule has 0 fully saturated rings. The molecule has 94 valence electrons. The van der Waals surface area contributed by atoms with E-state index in [-0.39, 0.29) is 5.97 Å². The van der Waals surface area contributed by atoms with Crippen molar-refractivity contribution in [3.63, 3.8) is 0 Å². The normalized spacial score (nSPS) is 12.2. The summed E-state index contributed by atoms with van der Waals surface area (Å²) >= 11 is 7.54. The summed E-state index contributed by atoms with van der Waals surface area (Å²) in [6.07, 6.45) is 2.18. The zero-order chi connectivity index (χ0) is 12.8. The molecule has 1 atom stereocenters. The second-order valence-electron chi connectivity index (χ2n) is 4.16. The summed E-state index contributed by atoms with van der Waals surface area (Å²) in [6, 6.07) is 5.33. The predicted octanol–water partition coefficient (Wildman–Crippen LogP) is 4.33. The van der Waals surface area contributed by atoms with Gasteiger partial charge in [0.2, 0.25) is 0 Å². The molecule has 0 aromatic heterocycles. The zero-order valence-corrected chi connectivity index (χ0v) is 12.6. The van der Waals surface area contributed by atoms with Gasteiger partial charge in [0.1, 0.15) is 0 Å². The molecular formula is C13H17BrO2S. The van der Waals surface area contributed by atoms with E-state index in [1.54, 1.807) is 12.1 Å². The van der Waals surface area contributed by atoms with Gasteiger partial charge in [0.15, 0.2) is 0 Å². The molecule has 0 N–H and O–H groups in total. The lowest BCUT2D eigenvalue weighted by molar-refractivity contribution is 0.0442. The van der Waals surface area contributed by atoms with Gasteiger partial charge in [0.25, 0.3) is 0 Å². The third-order valence-corrected chi connectivity index (χ3v) is 3.42. The largest absolute Gasteiger partial charge is 0.462 e. The van der Waals surface area contributed by atoms with Gasteiger partial charge in [-0.05, 0) is 46.5 Å². The summed E-state index contributed by atoms with van der Waals surface area (Å²) in [7, 11) is 0. The monoisotopic (exact) mass is 316 g/mol. The van der Waals surface area contributed by atoms with Gasteiger partial charge in [-0.3, -0.25) is 0 Å². The molecule has 0 heterocycles. The van der Waals surface area contributed by atoms with Crippen molar-refractivity contribution in [2.24, 2.45) is 5.92 Å². The maximum Gasteiger partial charge on any atom is 0.339 e. The SMILES string of the molecule is CCCC(C)COC(=O)c1cc(S)ccc1Br. The first-order chi connectivity index (χ1) is 8.04. The summed E-state index contributed by atoms with van der Waals surface area (Å²) in [5.74, 6) is 0.109. The molecule has 0 aliphatic carbocycles. The van der Waals surface area contributed by atoms with Crippen LogP contribution in [0.3, 0.4) is 0 Å². The van der Waals surface area contributed by atoms with Crippen molar-refractivity contribution < 1.29 is 9.53 Å². The molecule has 0 spiro atoms. The second kappa shape index (κ2) is 7.07. The van der Waals surface area contributed by atoms with Crippen LogP contribution >= 0.6 is 28.6 Å². The number of benzene rings is 1. The minimum absolute atomic E-state index is 0.296. The topological polar surface area (TPSA) is 26.3 Å². The maximum absolute atomic E-state index is 11.8. The van der Waals surface area contributed by atoms with Gasteiger partial charge in [0.05, 0.1) is 12.2 Å². The Morgan fingerprint density at radius 3 is 2.88 bits per heavy atom. The molecular weight excluding hydrogens is 300 g/mol. The highest BCUT2D eigenvalue weighted by atomic mass is 79.9. The Bertz CT molecular complexity index is 393. The number of hydrogen-bond acceptors (Lipinski definition) is 3. The number of ether oxygens (including phenoxy) is 1. The van der Waals surface area contributed by atoms with E-state index in [0.717, 1.165) is 22.2 Å². The summed E-state index contributed by atoms with van der Waals surface area (Å²) in [6.45, 7) is 4.68. The number of carbonyl (C=O) groups is 1. The third-order valence-electron chi connectivity index (χ3n) is 2.45. The van der Waals surface area contributed by atoms with Crippen LogP contribution in [0.5, 0.6) is 0 Å². The second-order valence-corrected chi connectivity index (χ2v) is 5.53. The Labute approximate surface area is 116 Å². The van der Waals surface area contributed by atoms with E-state index in [9.17, 15) is 4.79 Å². The molecule has 2 nitrogen and oxygen atoms in total. The lowest BCUT2D eigenvalue weighted by atomic mass is 10.1. The van der Waals surface area contributed by atoms with Gasteiger partial charge in [-0.15, -0.1) is 12.6 Å². The van der Waals surface area contributed by atoms with Crippen molar-refractivity contribution in [3.8, 4) is 0 Å². The van der Waals surface area contributed by atoms with Gasteiger partial charge in [-0.2, -0.15) is 0 Å². The smallest absolute Gasteiger partial charge is 0.339 e. The molecule has 0 amide bonds. The fraction of sp³-hybridized carbons (Fsp3) is 0.462. The first kappa shape index (κ1) is 14.6. The summed E-state index contributed by atoms with van der Waals surface area (Å²) in [5, 5.41) is 0. The van der Waals surface area contributed by atoms with Crippen molar-refractivity contribution in [2.75, 3.05) is 6.61 Å². The van der Waals surface area contributed by atoms with Crippen molar-refractivity contribution in [1.82, 2.24) is 0 Å². The average molecular weight is 317 g/mol. The quantitative estimate of drug-likeness (QED) is 0.646. The van der Waals surface area contributed by atoms with Crippen LogP contribution in [0.15, 0.2) is 27.6 Å². The molecule has 1 aromatic rings. The van der Waals surface area contributed by atoms with Crippen LogP contribution in [0.2, 0.25) is 0 Å². The lowest BCUT2D eigenvalue weighted by Gasteiger charge is -2.11. The minimum atomic E-state index is -0.296. The fourth-order valence-corrected chi connectivity index (χ4v) is 2.15. The number of esters is 1. The van der Waals surface area contributed by atoms with Crippen LogP contribution in [-0.4, -0.2) is 12.6 Å². The van der Waals surface area contributed by atoms with Crippen LogP contribution in [0.25, 0.3) is 0 Å². The van der Waals surface area contributed by atoms with Gasteiger partial charge in [-0.25, -0.2) is 4.79 Å². The molecule has 17 heavy (non-hydrogen) atoms. The number of carbonyl (C=O) groups excluding carboxylic acids is 1.